The Labute approximate surface area is 90.0 Å². The smallest absolute Gasteiger partial charge is 0.326 e. The number of carbonyl (C=O) groups excluding carboxylic acids is 1. The van der Waals surface area contributed by atoms with Gasteiger partial charge in [0.1, 0.15) is 6.04 Å². The third-order valence-electron chi connectivity index (χ3n) is 2.21. The van der Waals surface area contributed by atoms with E-state index >= 15 is 0 Å². The highest BCUT2D eigenvalue weighted by atomic mass is 16.4. The molecule has 0 unspecified atom stereocenters. The van der Waals surface area contributed by atoms with Crippen LogP contribution >= 0.6 is 0 Å². The van der Waals surface area contributed by atoms with Crippen molar-refractivity contribution in [1.82, 2.24) is 5.32 Å². The molecule has 0 bridgehead atoms. The van der Waals surface area contributed by atoms with Crippen LogP contribution in [0, 0.1) is 5.92 Å². The molecule has 0 rings (SSSR count). The number of aliphatic carboxylic acids is 1. The summed E-state index contributed by atoms with van der Waals surface area (Å²) in [4.78, 5) is 22.2. The zero-order valence-corrected chi connectivity index (χ0v) is 9.49. The van der Waals surface area contributed by atoms with E-state index in [9.17, 15) is 9.59 Å². The summed E-state index contributed by atoms with van der Waals surface area (Å²) in [6, 6.07) is -1.48. The van der Waals surface area contributed by atoms with Gasteiger partial charge in [0.2, 0.25) is 5.91 Å². The predicted molar refractivity (Wildman–Crippen MR) is 57.3 cm³/mol. The van der Waals surface area contributed by atoms with Crippen molar-refractivity contribution in [2.45, 2.75) is 45.7 Å². The lowest BCUT2D eigenvalue weighted by atomic mass is 10.0. The van der Waals surface area contributed by atoms with E-state index in [0.29, 0.717) is 12.8 Å². The molecule has 0 aliphatic heterocycles. The van der Waals surface area contributed by atoms with Crippen LogP contribution in [0.1, 0.15) is 33.6 Å². The first-order valence-electron chi connectivity index (χ1n) is 5.18. The average molecular weight is 216 g/mol. The van der Waals surface area contributed by atoms with Crippen molar-refractivity contribution >= 4 is 11.9 Å². The Morgan fingerprint density at radius 1 is 1.40 bits per heavy atom. The molecule has 0 aliphatic rings. The molecule has 0 aromatic heterocycles. The maximum Gasteiger partial charge on any atom is 0.326 e. The molecule has 1 amide bonds. The number of hydrogen-bond donors (Lipinski definition) is 3. The van der Waals surface area contributed by atoms with Gasteiger partial charge in [0, 0.05) is 0 Å². The Balaban J connectivity index is 4.28. The number of carboxylic acid groups (broad SMARTS) is 1. The summed E-state index contributed by atoms with van der Waals surface area (Å²) >= 11 is 0. The molecule has 0 aliphatic carbocycles. The van der Waals surface area contributed by atoms with Crippen molar-refractivity contribution in [3.05, 3.63) is 0 Å². The molecule has 88 valence electrons. The first-order chi connectivity index (χ1) is 6.90. The molecule has 5 heteroatoms. The van der Waals surface area contributed by atoms with Gasteiger partial charge in [0.25, 0.3) is 0 Å². The van der Waals surface area contributed by atoms with Crippen LogP contribution in [-0.4, -0.2) is 29.1 Å². The van der Waals surface area contributed by atoms with Gasteiger partial charge in [-0.1, -0.05) is 27.2 Å². The Morgan fingerprint density at radius 3 is 2.27 bits per heavy atom. The fourth-order valence-corrected chi connectivity index (χ4v) is 1.12. The fourth-order valence-electron chi connectivity index (χ4n) is 1.12. The van der Waals surface area contributed by atoms with E-state index in [1.165, 1.54) is 0 Å². The maximum absolute atomic E-state index is 11.5. The Kier molecular flexibility index (Phi) is 5.93. The van der Waals surface area contributed by atoms with Crippen molar-refractivity contribution in [3.63, 3.8) is 0 Å². The predicted octanol–water partition coefficient (Wildman–Crippen LogP) is 0.339. The number of carboxylic acids is 1. The van der Waals surface area contributed by atoms with E-state index < -0.39 is 24.0 Å². The molecule has 4 N–H and O–H groups in total. The van der Waals surface area contributed by atoms with Crippen LogP contribution in [0.25, 0.3) is 0 Å². The van der Waals surface area contributed by atoms with E-state index in [1.54, 1.807) is 0 Å². The molecule has 5 nitrogen and oxygen atoms in total. The second kappa shape index (κ2) is 6.40. The van der Waals surface area contributed by atoms with Gasteiger partial charge in [-0.25, -0.2) is 4.79 Å². The van der Waals surface area contributed by atoms with Crippen molar-refractivity contribution in [1.29, 1.82) is 0 Å². The lowest BCUT2D eigenvalue weighted by molar-refractivity contribution is -0.142. The van der Waals surface area contributed by atoms with Crippen LogP contribution in [0.4, 0.5) is 0 Å². The number of nitrogens with two attached hydrogens (primary N) is 1. The van der Waals surface area contributed by atoms with E-state index in [1.807, 2.05) is 20.8 Å². The monoisotopic (exact) mass is 216 g/mol. The molecule has 0 radical (unpaired) electrons. The third-order valence-corrected chi connectivity index (χ3v) is 2.21. The lowest BCUT2D eigenvalue weighted by Crippen LogP contribution is -2.50. The number of carbonyl (C=O) groups is 2. The molecular weight excluding hydrogens is 196 g/mol. The standard InChI is InChI=1S/C10H20N2O3/c1-4-5-7(10(14)15)12-9(13)8(11)6(2)3/h6-8H,4-5,11H2,1-3H3,(H,12,13)(H,14,15)/t7-,8-/m0/s1. The molecular formula is C10H20N2O3. The number of amides is 1. The van der Waals surface area contributed by atoms with Crippen molar-refractivity contribution < 1.29 is 14.7 Å². The summed E-state index contributed by atoms with van der Waals surface area (Å²) in [6.07, 6.45) is 1.13. The quantitative estimate of drug-likeness (QED) is 0.597. The fraction of sp³-hybridized carbons (Fsp3) is 0.800. The highest BCUT2D eigenvalue weighted by Gasteiger charge is 2.23. The van der Waals surface area contributed by atoms with E-state index in [2.05, 4.69) is 5.32 Å². The van der Waals surface area contributed by atoms with Crippen molar-refractivity contribution in [2.75, 3.05) is 0 Å². The maximum atomic E-state index is 11.5. The molecule has 0 saturated heterocycles. The lowest BCUT2D eigenvalue weighted by Gasteiger charge is -2.19. The van der Waals surface area contributed by atoms with Crippen LogP contribution in [0.2, 0.25) is 0 Å². The zero-order valence-electron chi connectivity index (χ0n) is 9.49. The summed E-state index contributed by atoms with van der Waals surface area (Å²) in [7, 11) is 0. The Hall–Kier alpha value is -1.10. The van der Waals surface area contributed by atoms with E-state index in [4.69, 9.17) is 10.8 Å². The first-order valence-corrected chi connectivity index (χ1v) is 5.18. The second-order valence-electron chi connectivity index (χ2n) is 3.96. The van der Waals surface area contributed by atoms with Crippen LogP contribution in [-0.2, 0) is 9.59 Å². The minimum atomic E-state index is -1.01. The zero-order chi connectivity index (χ0) is 12.0. The van der Waals surface area contributed by atoms with Crippen LogP contribution < -0.4 is 11.1 Å². The number of hydrogen-bond acceptors (Lipinski definition) is 3. The summed E-state index contributed by atoms with van der Waals surface area (Å²) in [5.74, 6) is -1.41. The van der Waals surface area contributed by atoms with Gasteiger partial charge in [0.05, 0.1) is 6.04 Å². The van der Waals surface area contributed by atoms with Gasteiger partial charge in [0.15, 0.2) is 0 Å². The average Bonchev–Trinajstić information content (AvgIpc) is 2.15. The van der Waals surface area contributed by atoms with Crippen LogP contribution in [0.3, 0.4) is 0 Å². The van der Waals surface area contributed by atoms with Gasteiger partial charge in [-0.3, -0.25) is 4.79 Å². The van der Waals surface area contributed by atoms with Crippen molar-refractivity contribution in [3.8, 4) is 0 Å². The van der Waals surface area contributed by atoms with Gasteiger partial charge in [-0.2, -0.15) is 0 Å². The van der Waals surface area contributed by atoms with Gasteiger partial charge >= 0.3 is 5.97 Å². The Bertz CT molecular complexity index is 229. The van der Waals surface area contributed by atoms with Gasteiger partial charge in [-0.05, 0) is 12.3 Å². The molecule has 0 saturated carbocycles. The molecule has 2 atom stereocenters. The summed E-state index contributed by atoms with van der Waals surface area (Å²) < 4.78 is 0. The molecule has 0 spiro atoms. The third kappa shape index (κ3) is 4.78. The molecule has 0 aromatic rings. The Morgan fingerprint density at radius 2 is 1.93 bits per heavy atom. The summed E-state index contributed by atoms with van der Waals surface area (Å²) in [5.41, 5.74) is 5.60. The topological polar surface area (TPSA) is 92.4 Å². The minimum Gasteiger partial charge on any atom is -0.480 e. The number of rotatable bonds is 6. The van der Waals surface area contributed by atoms with Crippen molar-refractivity contribution in [2.24, 2.45) is 11.7 Å². The van der Waals surface area contributed by atoms with Crippen LogP contribution in [0.5, 0.6) is 0 Å². The largest absolute Gasteiger partial charge is 0.480 e. The molecule has 0 heterocycles. The minimum absolute atomic E-state index is 0.000992. The van der Waals surface area contributed by atoms with E-state index in [-0.39, 0.29) is 5.92 Å². The summed E-state index contributed by atoms with van der Waals surface area (Å²) in [5, 5.41) is 11.3. The molecule has 0 fully saturated rings. The highest BCUT2D eigenvalue weighted by molar-refractivity contribution is 5.86. The van der Waals surface area contributed by atoms with Gasteiger partial charge < -0.3 is 16.2 Å². The molecule has 15 heavy (non-hydrogen) atoms. The summed E-state index contributed by atoms with van der Waals surface area (Å²) in [6.45, 7) is 5.50. The first kappa shape index (κ1) is 13.9. The second-order valence-corrected chi connectivity index (χ2v) is 3.96. The normalized spacial score (nSPS) is 14.7. The molecule has 0 aromatic carbocycles. The van der Waals surface area contributed by atoms with E-state index in [0.717, 1.165) is 0 Å². The van der Waals surface area contributed by atoms with Gasteiger partial charge in [-0.15, -0.1) is 0 Å². The SMILES string of the molecule is CCC[C@H](NC(=O)[C@@H](N)C(C)C)C(=O)O. The van der Waals surface area contributed by atoms with Crippen LogP contribution in [0.15, 0.2) is 0 Å². The number of nitrogens with one attached hydrogen (secondary N) is 1. The highest BCUT2D eigenvalue weighted by Crippen LogP contribution is 2.01.